The van der Waals surface area contributed by atoms with Crippen molar-refractivity contribution in [2.75, 3.05) is 25.6 Å². The Labute approximate surface area is 177 Å². The fourth-order valence-corrected chi connectivity index (χ4v) is 2.77. The maximum Gasteiger partial charge on any atom is 0.275 e. The zero-order chi connectivity index (χ0) is 22.4. The number of carbonyl (C=O) groups is 2. The zero-order valence-corrected chi connectivity index (χ0v) is 16.9. The molecule has 3 heterocycles. The van der Waals surface area contributed by atoms with Gasteiger partial charge in [0, 0.05) is 18.9 Å². The highest BCUT2D eigenvalue weighted by Crippen LogP contribution is 2.32. The summed E-state index contributed by atoms with van der Waals surface area (Å²) in [5.74, 6) is 4.25. The Morgan fingerprint density at radius 3 is 2.84 bits per heavy atom. The van der Waals surface area contributed by atoms with Crippen LogP contribution in [0.1, 0.15) is 29.5 Å². The molecular weight excluding hydrogens is 405 g/mol. The van der Waals surface area contributed by atoms with E-state index in [1.165, 1.54) is 23.5 Å². The smallest absolute Gasteiger partial charge is 0.275 e. The number of anilines is 1. The molecule has 2 aromatic rings. The topological polar surface area (TPSA) is 136 Å². The summed E-state index contributed by atoms with van der Waals surface area (Å²) in [5.41, 5.74) is 5.88. The van der Waals surface area contributed by atoms with E-state index in [4.69, 9.17) is 10.5 Å². The molecule has 1 atom stereocenters. The lowest BCUT2D eigenvalue weighted by atomic mass is 9.91. The molecule has 0 radical (unpaired) electrons. The van der Waals surface area contributed by atoms with E-state index in [0.29, 0.717) is 11.4 Å². The van der Waals surface area contributed by atoms with E-state index in [1.54, 1.807) is 26.1 Å². The van der Waals surface area contributed by atoms with Crippen molar-refractivity contribution in [3.8, 4) is 17.7 Å². The molecule has 2 amide bonds. The lowest BCUT2D eigenvalue weighted by Crippen LogP contribution is -2.47. The van der Waals surface area contributed by atoms with Crippen molar-refractivity contribution in [3.63, 3.8) is 0 Å². The van der Waals surface area contributed by atoms with Crippen LogP contribution in [0, 0.1) is 11.8 Å². The lowest BCUT2D eigenvalue weighted by molar-refractivity contribution is -0.128. The first-order valence-corrected chi connectivity index (χ1v) is 9.18. The van der Waals surface area contributed by atoms with Crippen molar-refractivity contribution in [2.45, 2.75) is 18.9 Å². The molecule has 10 nitrogen and oxygen atoms in total. The third kappa shape index (κ3) is 5.11. The van der Waals surface area contributed by atoms with Gasteiger partial charge in [-0.3, -0.25) is 19.5 Å². The molecule has 31 heavy (non-hydrogen) atoms. The minimum atomic E-state index is -0.946. The van der Waals surface area contributed by atoms with Gasteiger partial charge in [0.05, 0.1) is 24.5 Å². The maximum atomic E-state index is 12.5. The molecule has 1 aliphatic heterocycles. The SMILES string of the molecule is CN1C(=O)CC(C)(c2cc(NC(=O)c3cnc(OCC#CCF)cn3)ccn2)N=C1N. The number of guanidine groups is 1. The summed E-state index contributed by atoms with van der Waals surface area (Å²) >= 11 is 0. The molecule has 0 aliphatic carbocycles. The van der Waals surface area contributed by atoms with Crippen LogP contribution in [0.25, 0.3) is 0 Å². The number of nitrogens with zero attached hydrogens (tertiary/aromatic N) is 5. The average Bonchev–Trinajstić information content (AvgIpc) is 2.75. The third-order valence-corrected chi connectivity index (χ3v) is 4.49. The number of carbonyl (C=O) groups excluding carboxylic acids is 2. The van der Waals surface area contributed by atoms with E-state index in [0.717, 1.165) is 0 Å². The van der Waals surface area contributed by atoms with Gasteiger partial charge in [0.2, 0.25) is 11.8 Å². The van der Waals surface area contributed by atoms with Crippen LogP contribution in [0.4, 0.5) is 10.1 Å². The molecule has 0 spiro atoms. The largest absolute Gasteiger partial charge is 0.463 e. The van der Waals surface area contributed by atoms with Gasteiger partial charge in [-0.05, 0) is 19.1 Å². The fraction of sp³-hybridized carbons (Fsp3) is 0.300. The molecule has 0 saturated heterocycles. The Morgan fingerprint density at radius 1 is 1.35 bits per heavy atom. The Bertz CT molecular complexity index is 1080. The van der Waals surface area contributed by atoms with E-state index in [2.05, 4.69) is 37.1 Å². The molecule has 0 saturated carbocycles. The van der Waals surface area contributed by atoms with Gasteiger partial charge < -0.3 is 15.8 Å². The second kappa shape index (κ2) is 9.17. The molecule has 3 N–H and O–H groups in total. The summed E-state index contributed by atoms with van der Waals surface area (Å²) in [6, 6.07) is 3.23. The highest BCUT2D eigenvalue weighted by Gasteiger charge is 2.37. The monoisotopic (exact) mass is 425 g/mol. The van der Waals surface area contributed by atoms with Gasteiger partial charge in [0.1, 0.15) is 17.9 Å². The maximum absolute atomic E-state index is 12.5. The zero-order valence-electron chi connectivity index (χ0n) is 16.9. The summed E-state index contributed by atoms with van der Waals surface area (Å²) in [6.45, 7) is 0.964. The number of nitrogens with two attached hydrogens (primary N) is 1. The first-order chi connectivity index (χ1) is 14.8. The highest BCUT2D eigenvalue weighted by molar-refractivity contribution is 6.02. The standard InChI is InChI=1S/C20H20FN7O3/c1-20(10-17(29)28(2)19(22)27-20)15-9-13(5-7-23-15)26-18(30)14-11-25-16(12-24-14)31-8-4-3-6-21/h5,7,9,11-12H,6,8,10H2,1-2H3,(H2,22,27)(H,23,26,30). The second-order valence-corrected chi connectivity index (χ2v) is 6.77. The van der Waals surface area contributed by atoms with Gasteiger partial charge in [-0.15, -0.1) is 0 Å². The number of hydrogen-bond donors (Lipinski definition) is 2. The normalized spacial score (nSPS) is 18.0. The van der Waals surface area contributed by atoms with Crippen molar-refractivity contribution in [1.29, 1.82) is 0 Å². The molecule has 1 unspecified atom stereocenters. The Hall–Kier alpha value is -4.07. The summed E-state index contributed by atoms with van der Waals surface area (Å²) in [5, 5.41) is 2.70. The van der Waals surface area contributed by atoms with Crippen molar-refractivity contribution in [2.24, 2.45) is 10.7 Å². The second-order valence-electron chi connectivity index (χ2n) is 6.77. The number of aliphatic imine (C=N–C) groups is 1. The number of halogens is 1. The van der Waals surface area contributed by atoms with Crippen LogP contribution in [0.3, 0.4) is 0 Å². The van der Waals surface area contributed by atoms with Crippen molar-refractivity contribution >= 4 is 23.5 Å². The van der Waals surface area contributed by atoms with Crippen LogP contribution in [0.2, 0.25) is 0 Å². The number of pyridine rings is 1. The number of nitrogens with one attached hydrogen (secondary N) is 1. The number of ether oxygens (including phenoxy) is 1. The van der Waals surface area contributed by atoms with Gasteiger partial charge in [-0.2, -0.15) is 0 Å². The number of hydrogen-bond acceptors (Lipinski definition) is 8. The minimum absolute atomic E-state index is 0.0337. The van der Waals surface area contributed by atoms with Crippen molar-refractivity contribution < 1.29 is 18.7 Å². The Morgan fingerprint density at radius 2 is 2.16 bits per heavy atom. The predicted octanol–water partition coefficient (Wildman–Crippen LogP) is 0.868. The summed E-state index contributed by atoms with van der Waals surface area (Å²) in [6.07, 6.45) is 4.12. The van der Waals surface area contributed by atoms with Crippen molar-refractivity contribution in [3.05, 3.63) is 42.1 Å². The Kier molecular flexibility index (Phi) is 6.40. The molecular formula is C20H20FN7O3. The number of amides is 2. The summed E-state index contributed by atoms with van der Waals surface area (Å²) in [7, 11) is 1.56. The average molecular weight is 425 g/mol. The van der Waals surface area contributed by atoms with Gasteiger partial charge in [-0.1, -0.05) is 11.8 Å². The molecule has 3 rings (SSSR count). The van der Waals surface area contributed by atoms with Crippen LogP contribution in [-0.4, -0.2) is 58.0 Å². The van der Waals surface area contributed by atoms with Crippen LogP contribution in [0.5, 0.6) is 5.88 Å². The van der Waals surface area contributed by atoms with Crippen LogP contribution < -0.4 is 15.8 Å². The first kappa shape index (κ1) is 21.6. The highest BCUT2D eigenvalue weighted by atomic mass is 19.1. The third-order valence-electron chi connectivity index (χ3n) is 4.49. The van der Waals surface area contributed by atoms with E-state index in [-0.39, 0.29) is 36.5 Å². The molecule has 160 valence electrons. The van der Waals surface area contributed by atoms with Gasteiger partial charge >= 0.3 is 0 Å². The van der Waals surface area contributed by atoms with Gasteiger partial charge in [-0.25, -0.2) is 19.4 Å². The van der Waals surface area contributed by atoms with Crippen molar-refractivity contribution in [1.82, 2.24) is 19.9 Å². The number of alkyl halides is 1. The number of rotatable bonds is 5. The lowest BCUT2D eigenvalue weighted by Gasteiger charge is -2.32. The Balaban J connectivity index is 1.71. The van der Waals surface area contributed by atoms with Crippen LogP contribution >= 0.6 is 0 Å². The van der Waals surface area contributed by atoms with E-state index < -0.39 is 18.1 Å². The number of aromatic nitrogens is 3. The molecule has 0 bridgehead atoms. The molecule has 2 aromatic heterocycles. The van der Waals surface area contributed by atoms with E-state index >= 15 is 0 Å². The quantitative estimate of drug-likeness (QED) is 0.679. The molecule has 11 heteroatoms. The van der Waals surface area contributed by atoms with Gasteiger partial charge in [0.25, 0.3) is 5.91 Å². The molecule has 1 aliphatic rings. The van der Waals surface area contributed by atoms with Gasteiger partial charge in [0.15, 0.2) is 12.6 Å². The van der Waals surface area contributed by atoms with Crippen LogP contribution in [0.15, 0.2) is 35.7 Å². The predicted molar refractivity (Wildman–Crippen MR) is 110 cm³/mol. The summed E-state index contributed by atoms with van der Waals surface area (Å²) in [4.78, 5) is 42.6. The summed E-state index contributed by atoms with van der Waals surface area (Å²) < 4.78 is 17.1. The molecule has 0 fully saturated rings. The molecule has 0 aromatic carbocycles. The van der Waals surface area contributed by atoms with Crippen LogP contribution in [-0.2, 0) is 10.3 Å². The van der Waals surface area contributed by atoms with E-state index in [9.17, 15) is 14.0 Å². The minimum Gasteiger partial charge on any atom is -0.463 e. The first-order valence-electron chi connectivity index (χ1n) is 9.18. The fourth-order valence-electron chi connectivity index (χ4n) is 2.77. The van der Waals surface area contributed by atoms with E-state index in [1.807, 2.05) is 0 Å².